The van der Waals surface area contributed by atoms with Crippen molar-refractivity contribution in [3.63, 3.8) is 0 Å². The Balaban J connectivity index is 2.12. The van der Waals surface area contributed by atoms with Crippen molar-refractivity contribution in [1.82, 2.24) is 0 Å². The number of Topliss-reactive ketones (excluding diaryl/α,β-unsaturated/α-hetero) is 1. The van der Waals surface area contributed by atoms with Gasteiger partial charge in [-0.1, -0.05) is 54.6 Å². The van der Waals surface area contributed by atoms with Crippen LogP contribution in [0.2, 0.25) is 0 Å². The molecule has 0 amide bonds. The standard InChI is InChI=1S/C15H13FO/c16-14(11-12-7-3-1-4-8-12)15(17)13-9-5-2-6-10-13/h1-9,11,13H,10H2. The molecule has 0 saturated heterocycles. The Morgan fingerprint density at radius 1 is 1.24 bits per heavy atom. The number of carbonyl (C=O) groups is 1. The largest absolute Gasteiger partial charge is 0.291 e. The summed E-state index contributed by atoms with van der Waals surface area (Å²) in [5.74, 6) is -1.49. The first-order valence-electron chi connectivity index (χ1n) is 5.57. The molecule has 0 spiro atoms. The van der Waals surface area contributed by atoms with E-state index in [0.717, 1.165) is 0 Å². The molecule has 0 heterocycles. The van der Waals surface area contributed by atoms with Crippen LogP contribution < -0.4 is 0 Å². The van der Waals surface area contributed by atoms with Crippen molar-refractivity contribution in [1.29, 1.82) is 0 Å². The number of benzene rings is 1. The van der Waals surface area contributed by atoms with Crippen LogP contribution in [0.5, 0.6) is 0 Å². The van der Waals surface area contributed by atoms with Crippen LogP contribution >= 0.6 is 0 Å². The second kappa shape index (κ2) is 5.39. The van der Waals surface area contributed by atoms with Crippen molar-refractivity contribution in [3.05, 3.63) is 66.0 Å². The van der Waals surface area contributed by atoms with E-state index in [1.807, 2.05) is 30.4 Å². The molecule has 1 unspecified atom stereocenters. The van der Waals surface area contributed by atoms with Crippen molar-refractivity contribution in [3.8, 4) is 0 Å². The van der Waals surface area contributed by atoms with E-state index in [-0.39, 0.29) is 5.92 Å². The van der Waals surface area contributed by atoms with Gasteiger partial charge in [0.25, 0.3) is 0 Å². The van der Waals surface area contributed by atoms with E-state index in [4.69, 9.17) is 0 Å². The Bertz CT molecular complexity index is 483. The lowest BCUT2D eigenvalue weighted by Crippen LogP contribution is -2.13. The van der Waals surface area contributed by atoms with Crippen LogP contribution in [-0.2, 0) is 4.79 Å². The second-order valence-electron chi connectivity index (χ2n) is 3.92. The van der Waals surface area contributed by atoms with E-state index >= 15 is 0 Å². The number of halogens is 1. The lowest BCUT2D eigenvalue weighted by atomic mass is 9.95. The van der Waals surface area contributed by atoms with E-state index in [2.05, 4.69) is 0 Å². The van der Waals surface area contributed by atoms with Crippen LogP contribution in [0.25, 0.3) is 6.08 Å². The van der Waals surface area contributed by atoms with Crippen LogP contribution in [-0.4, -0.2) is 5.78 Å². The summed E-state index contributed by atoms with van der Waals surface area (Å²) in [5, 5.41) is 0. The molecule has 17 heavy (non-hydrogen) atoms. The maximum Gasteiger partial charge on any atom is 0.198 e. The fraction of sp³-hybridized carbons (Fsp3) is 0.133. The average Bonchev–Trinajstić information content (AvgIpc) is 2.40. The molecule has 1 atom stereocenters. The second-order valence-corrected chi connectivity index (χ2v) is 3.92. The molecule has 1 aromatic carbocycles. The first-order valence-corrected chi connectivity index (χ1v) is 5.57. The molecular weight excluding hydrogens is 215 g/mol. The molecule has 0 radical (unpaired) electrons. The fourth-order valence-electron chi connectivity index (χ4n) is 1.72. The van der Waals surface area contributed by atoms with Crippen LogP contribution in [0, 0.1) is 5.92 Å². The van der Waals surface area contributed by atoms with Gasteiger partial charge in [-0.15, -0.1) is 0 Å². The zero-order chi connectivity index (χ0) is 12.1. The summed E-state index contributed by atoms with van der Waals surface area (Å²) in [4.78, 5) is 11.8. The van der Waals surface area contributed by atoms with E-state index in [1.165, 1.54) is 6.08 Å². The van der Waals surface area contributed by atoms with Gasteiger partial charge in [-0.3, -0.25) is 4.79 Å². The third-order valence-electron chi connectivity index (χ3n) is 2.65. The average molecular weight is 228 g/mol. The highest BCUT2D eigenvalue weighted by Gasteiger charge is 2.19. The minimum Gasteiger partial charge on any atom is -0.291 e. The highest BCUT2D eigenvalue weighted by atomic mass is 19.1. The maximum absolute atomic E-state index is 13.7. The molecule has 0 aromatic heterocycles. The van der Waals surface area contributed by atoms with Gasteiger partial charge < -0.3 is 0 Å². The molecule has 1 aliphatic carbocycles. The van der Waals surface area contributed by atoms with Gasteiger partial charge in [-0.05, 0) is 18.1 Å². The van der Waals surface area contributed by atoms with Crippen LogP contribution in [0.4, 0.5) is 4.39 Å². The monoisotopic (exact) mass is 228 g/mol. The predicted molar refractivity (Wildman–Crippen MR) is 66.9 cm³/mol. The zero-order valence-corrected chi connectivity index (χ0v) is 9.34. The number of allylic oxidation sites excluding steroid dienone is 5. The van der Waals surface area contributed by atoms with E-state index in [0.29, 0.717) is 12.0 Å². The Morgan fingerprint density at radius 3 is 2.65 bits per heavy atom. The Morgan fingerprint density at radius 2 is 2.00 bits per heavy atom. The number of carbonyl (C=O) groups excluding carboxylic acids is 1. The molecule has 2 heteroatoms. The molecule has 0 aliphatic heterocycles. The van der Waals surface area contributed by atoms with Gasteiger partial charge in [0.15, 0.2) is 11.6 Å². The number of hydrogen-bond donors (Lipinski definition) is 0. The van der Waals surface area contributed by atoms with E-state index in [1.54, 1.807) is 24.3 Å². The molecule has 0 bridgehead atoms. The predicted octanol–water partition coefficient (Wildman–Crippen LogP) is 3.70. The summed E-state index contributed by atoms with van der Waals surface area (Å²) < 4.78 is 13.7. The van der Waals surface area contributed by atoms with E-state index < -0.39 is 11.6 Å². The molecule has 86 valence electrons. The SMILES string of the molecule is O=C(C(F)=Cc1ccccc1)C1C=CC=CC1. The maximum atomic E-state index is 13.7. The summed E-state index contributed by atoms with van der Waals surface area (Å²) in [5.41, 5.74) is 0.702. The minimum absolute atomic E-state index is 0.361. The molecule has 0 saturated carbocycles. The zero-order valence-electron chi connectivity index (χ0n) is 9.34. The van der Waals surface area contributed by atoms with Gasteiger partial charge >= 0.3 is 0 Å². The third kappa shape index (κ3) is 3.00. The minimum atomic E-state index is -0.679. The molecule has 1 nitrogen and oxygen atoms in total. The summed E-state index contributed by atoms with van der Waals surface area (Å²) in [7, 11) is 0. The first kappa shape index (κ1) is 11.5. The Hall–Kier alpha value is -1.96. The fourth-order valence-corrected chi connectivity index (χ4v) is 1.72. The van der Waals surface area contributed by atoms with Gasteiger partial charge in [0.1, 0.15) is 0 Å². The van der Waals surface area contributed by atoms with Crippen LogP contribution in [0.1, 0.15) is 12.0 Å². The molecular formula is C15H13FO. The Kier molecular flexibility index (Phi) is 3.66. The first-order chi connectivity index (χ1) is 8.27. The van der Waals surface area contributed by atoms with Crippen molar-refractivity contribution in [2.24, 2.45) is 5.92 Å². The van der Waals surface area contributed by atoms with E-state index in [9.17, 15) is 9.18 Å². The van der Waals surface area contributed by atoms with Crippen molar-refractivity contribution in [2.75, 3.05) is 0 Å². The lowest BCUT2D eigenvalue weighted by molar-refractivity contribution is -0.119. The van der Waals surface area contributed by atoms with Crippen LogP contribution in [0.15, 0.2) is 60.5 Å². The van der Waals surface area contributed by atoms with Gasteiger partial charge in [0.05, 0.1) is 0 Å². The molecule has 2 rings (SSSR count). The topological polar surface area (TPSA) is 17.1 Å². The smallest absolute Gasteiger partial charge is 0.198 e. The van der Waals surface area contributed by atoms with Crippen molar-refractivity contribution >= 4 is 11.9 Å². The highest BCUT2D eigenvalue weighted by molar-refractivity contribution is 6.00. The molecule has 1 aromatic rings. The number of hydrogen-bond acceptors (Lipinski definition) is 1. The number of ketones is 1. The normalized spacial score (nSPS) is 19.4. The van der Waals surface area contributed by atoms with Crippen LogP contribution in [0.3, 0.4) is 0 Å². The molecule has 1 aliphatic rings. The highest BCUT2D eigenvalue weighted by Crippen LogP contribution is 2.19. The summed E-state index contributed by atoms with van der Waals surface area (Å²) in [6.45, 7) is 0. The van der Waals surface area contributed by atoms with Gasteiger partial charge in [-0.2, -0.15) is 0 Å². The Labute approximate surface area is 100.0 Å². The lowest BCUT2D eigenvalue weighted by Gasteiger charge is -2.09. The summed E-state index contributed by atoms with van der Waals surface area (Å²) in [6.07, 6.45) is 9.11. The molecule has 0 fully saturated rings. The van der Waals surface area contributed by atoms with Gasteiger partial charge in [0, 0.05) is 5.92 Å². The van der Waals surface area contributed by atoms with Gasteiger partial charge in [0.2, 0.25) is 0 Å². The summed E-state index contributed by atoms with van der Waals surface area (Å²) in [6, 6.07) is 9.01. The van der Waals surface area contributed by atoms with Crippen molar-refractivity contribution < 1.29 is 9.18 Å². The number of rotatable bonds is 3. The quantitative estimate of drug-likeness (QED) is 0.721. The van der Waals surface area contributed by atoms with Gasteiger partial charge in [-0.25, -0.2) is 4.39 Å². The molecule has 0 N–H and O–H groups in total. The summed E-state index contributed by atoms with van der Waals surface area (Å²) >= 11 is 0. The third-order valence-corrected chi connectivity index (χ3v) is 2.65. The van der Waals surface area contributed by atoms with Crippen molar-refractivity contribution in [2.45, 2.75) is 6.42 Å².